The molecule has 0 spiro atoms. The van der Waals surface area contributed by atoms with Crippen molar-refractivity contribution in [2.45, 2.75) is 40.0 Å². The molecule has 0 N–H and O–H groups in total. The number of ether oxygens (including phenoxy) is 3. The molecular weight excluding hydrogens is 236 g/mol. The first-order chi connectivity index (χ1) is 8.54. The van der Waals surface area contributed by atoms with Gasteiger partial charge in [0.2, 0.25) is 0 Å². The first-order valence-electron chi connectivity index (χ1n) is 5.67. The lowest BCUT2D eigenvalue weighted by atomic mass is 10.4. The predicted octanol–water partition coefficient (Wildman–Crippen LogP) is 1.35. The number of allylic oxidation sites excluding steroid dienone is 2. The third-order valence-corrected chi connectivity index (χ3v) is 2.22. The Balaban J connectivity index is 1.95. The maximum absolute atomic E-state index is 5.39. The lowest BCUT2D eigenvalue weighted by Gasteiger charge is -2.03. The Morgan fingerprint density at radius 3 is 2.78 bits per heavy atom. The minimum atomic E-state index is 0.136. The van der Waals surface area contributed by atoms with Gasteiger partial charge in [-0.1, -0.05) is 0 Å². The fourth-order valence-electron chi connectivity index (χ4n) is 1.37. The van der Waals surface area contributed by atoms with Crippen LogP contribution in [0.4, 0.5) is 0 Å². The zero-order chi connectivity index (χ0) is 13.1. The standard InChI is InChI=1S/C11H16N4O3/c1-7(2)16-6-11-12-14-15(13-11)5-10-8(3)17-9(4)18-10/h7H,4-6H2,1-3H3. The van der Waals surface area contributed by atoms with Crippen LogP contribution in [0.3, 0.4) is 0 Å². The van der Waals surface area contributed by atoms with Crippen molar-refractivity contribution in [1.29, 1.82) is 0 Å². The van der Waals surface area contributed by atoms with Gasteiger partial charge in [0.05, 0.1) is 6.10 Å². The Hall–Kier alpha value is -1.89. The summed E-state index contributed by atoms with van der Waals surface area (Å²) in [6.45, 7) is 9.99. The van der Waals surface area contributed by atoms with Crippen molar-refractivity contribution in [3.63, 3.8) is 0 Å². The van der Waals surface area contributed by atoms with Gasteiger partial charge >= 0.3 is 0 Å². The number of hydrogen-bond donors (Lipinski definition) is 0. The Labute approximate surface area is 105 Å². The molecule has 0 atom stereocenters. The summed E-state index contributed by atoms with van der Waals surface area (Å²) in [6, 6.07) is 0. The molecule has 1 aliphatic rings. The van der Waals surface area contributed by atoms with Gasteiger partial charge in [-0.15, -0.1) is 10.2 Å². The molecule has 1 aromatic heterocycles. The van der Waals surface area contributed by atoms with Gasteiger partial charge in [-0.3, -0.25) is 0 Å². The Kier molecular flexibility index (Phi) is 3.61. The van der Waals surface area contributed by atoms with Crippen molar-refractivity contribution in [3.8, 4) is 0 Å². The molecular formula is C11H16N4O3. The highest BCUT2D eigenvalue weighted by atomic mass is 16.7. The summed E-state index contributed by atoms with van der Waals surface area (Å²) in [5.74, 6) is 2.11. The Bertz CT molecular complexity index is 478. The van der Waals surface area contributed by atoms with E-state index >= 15 is 0 Å². The monoisotopic (exact) mass is 252 g/mol. The highest BCUT2D eigenvalue weighted by molar-refractivity contribution is 5.08. The van der Waals surface area contributed by atoms with E-state index in [-0.39, 0.29) is 12.0 Å². The van der Waals surface area contributed by atoms with Gasteiger partial charge in [0.25, 0.3) is 5.95 Å². The topological polar surface area (TPSA) is 71.3 Å². The van der Waals surface area contributed by atoms with Gasteiger partial charge in [-0.2, -0.15) is 4.80 Å². The van der Waals surface area contributed by atoms with Crippen molar-refractivity contribution >= 4 is 0 Å². The quantitative estimate of drug-likeness (QED) is 0.787. The summed E-state index contributed by atoms with van der Waals surface area (Å²) in [5, 5.41) is 12.0. The first kappa shape index (κ1) is 12.6. The van der Waals surface area contributed by atoms with E-state index in [1.165, 1.54) is 4.80 Å². The smallest absolute Gasteiger partial charge is 0.282 e. The normalized spacial score (nSPS) is 15.2. The molecule has 0 unspecified atom stereocenters. The molecule has 0 bridgehead atoms. The van der Waals surface area contributed by atoms with E-state index in [2.05, 4.69) is 22.0 Å². The molecule has 0 aliphatic carbocycles. The molecule has 7 heteroatoms. The molecule has 2 heterocycles. The van der Waals surface area contributed by atoms with Gasteiger partial charge in [0.15, 0.2) is 11.6 Å². The maximum atomic E-state index is 5.39. The minimum Gasteiger partial charge on any atom is -0.428 e. The summed E-state index contributed by atoms with van der Waals surface area (Å²) in [7, 11) is 0. The predicted molar refractivity (Wildman–Crippen MR) is 61.8 cm³/mol. The van der Waals surface area contributed by atoms with Crippen LogP contribution in [0.1, 0.15) is 26.6 Å². The Morgan fingerprint density at radius 2 is 2.17 bits per heavy atom. The minimum absolute atomic E-state index is 0.136. The van der Waals surface area contributed by atoms with Gasteiger partial charge in [0.1, 0.15) is 18.9 Å². The van der Waals surface area contributed by atoms with Crippen molar-refractivity contribution < 1.29 is 14.2 Å². The van der Waals surface area contributed by atoms with Crippen LogP contribution in [0.5, 0.6) is 0 Å². The lowest BCUT2D eigenvalue weighted by Crippen LogP contribution is -2.07. The number of tetrazole rings is 1. The van der Waals surface area contributed by atoms with Gasteiger partial charge < -0.3 is 14.2 Å². The van der Waals surface area contributed by atoms with E-state index < -0.39 is 0 Å². The summed E-state index contributed by atoms with van der Waals surface area (Å²) in [5.41, 5.74) is 0. The van der Waals surface area contributed by atoms with Gasteiger partial charge in [-0.05, 0) is 32.6 Å². The van der Waals surface area contributed by atoms with E-state index in [9.17, 15) is 0 Å². The molecule has 18 heavy (non-hydrogen) atoms. The molecule has 0 fully saturated rings. The zero-order valence-corrected chi connectivity index (χ0v) is 10.7. The summed E-state index contributed by atoms with van der Waals surface area (Å²) in [6.07, 6.45) is 0.136. The highest BCUT2D eigenvalue weighted by Gasteiger charge is 2.19. The summed E-state index contributed by atoms with van der Waals surface area (Å²) < 4.78 is 15.9. The second-order valence-electron chi connectivity index (χ2n) is 4.15. The fourth-order valence-corrected chi connectivity index (χ4v) is 1.37. The molecule has 0 amide bonds. The van der Waals surface area contributed by atoms with Crippen LogP contribution in [-0.4, -0.2) is 26.3 Å². The van der Waals surface area contributed by atoms with Crippen LogP contribution in [0.25, 0.3) is 0 Å². The van der Waals surface area contributed by atoms with Crippen molar-refractivity contribution in [1.82, 2.24) is 20.2 Å². The van der Waals surface area contributed by atoms with E-state index in [1.807, 2.05) is 13.8 Å². The second-order valence-corrected chi connectivity index (χ2v) is 4.15. The zero-order valence-electron chi connectivity index (χ0n) is 10.7. The summed E-state index contributed by atoms with van der Waals surface area (Å²) >= 11 is 0. The third-order valence-electron chi connectivity index (χ3n) is 2.22. The van der Waals surface area contributed by atoms with Crippen LogP contribution in [0, 0.1) is 0 Å². The van der Waals surface area contributed by atoms with Crippen LogP contribution >= 0.6 is 0 Å². The van der Waals surface area contributed by atoms with Crippen LogP contribution < -0.4 is 0 Å². The van der Waals surface area contributed by atoms with Gasteiger partial charge in [-0.25, -0.2) is 0 Å². The van der Waals surface area contributed by atoms with Gasteiger partial charge in [0, 0.05) is 0 Å². The van der Waals surface area contributed by atoms with E-state index in [1.54, 1.807) is 6.92 Å². The first-order valence-corrected chi connectivity index (χ1v) is 5.67. The van der Waals surface area contributed by atoms with Crippen LogP contribution in [0.15, 0.2) is 24.0 Å². The lowest BCUT2D eigenvalue weighted by molar-refractivity contribution is 0.0611. The van der Waals surface area contributed by atoms with E-state index in [4.69, 9.17) is 14.2 Å². The molecule has 7 nitrogen and oxygen atoms in total. The second kappa shape index (κ2) is 5.18. The van der Waals surface area contributed by atoms with Crippen molar-refractivity contribution in [3.05, 3.63) is 29.9 Å². The number of aromatic nitrogens is 4. The molecule has 0 saturated carbocycles. The van der Waals surface area contributed by atoms with Crippen molar-refractivity contribution in [2.75, 3.05) is 0 Å². The largest absolute Gasteiger partial charge is 0.428 e. The molecule has 1 aliphatic heterocycles. The highest BCUT2D eigenvalue weighted by Crippen LogP contribution is 2.23. The molecule has 1 aromatic rings. The fraction of sp³-hybridized carbons (Fsp3) is 0.545. The Morgan fingerprint density at radius 1 is 1.39 bits per heavy atom. The average molecular weight is 252 g/mol. The number of rotatable bonds is 5. The summed E-state index contributed by atoms with van der Waals surface area (Å²) in [4.78, 5) is 1.43. The van der Waals surface area contributed by atoms with E-state index in [0.29, 0.717) is 30.5 Å². The molecule has 0 saturated heterocycles. The molecule has 98 valence electrons. The van der Waals surface area contributed by atoms with E-state index in [0.717, 1.165) is 0 Å². The van der Waals surface area contributed by atoms with Crippen molar-refractivity contribution in [2.24, 2.45) is 0 Å². The number of nitrogens with zero attached hydrogens (tertiary/aromatic N) is 4. The molecule has 0 radical (unpaired) electrons. The maximum Gasteiger partial charge on any atom is 0.282 e. The molecule has 2 rings (SSSR count). The van der Waals surface area contributed by atoms with Crippen LogP contribution in [-0.2, 0) is 27.4 Å². The third kappa shape index (κ3) is 3.07. The average Bonchev–Trinajstić information content (AvgIpc) is 2.84. The molecule has 0 aromatic carbocycles. The number of hydrogen-bond acceptors (Lipinski definition) is 6. The van der Waals surface area contributed by atoms with Crippen LogP contribution in [0.2, 0.25) is 0 Å². The SMILES string of the molecule is C=C1OC(C)=C(Cn2nnc(COC(C)C)n2)O1.